The van der Waals surface area contributed by atoms with E-state index in [1.165, 1.54) is 0 Å². The molecular weight excluding hydrogens is 268 g/mol. The molecule has 0 aromatic heterocycles. The fraction of sp³-hybridized carbons (Fsp3) is 0.125. The Balaban J connectivity index is 2.06. The van der Waals surface area contributed by atoms with Crippen LogP contribution in [0.25, 0.3) is 0 Å². The zero-order valence-corrected chi connectivity index (χ0v) is 11.6. The van der Waals surface area contributed by atoms with Crippen LogP contribution in [0.5, 0.6) is 5.75 Å². The van der Waals surface area contributed by atoms with Crippen LogP contribution in [-0.4, -0.2) is 17.9 Å². The van der Waals surface area contributed by atoms with Gasteiger partial charge >= 0.3 is 0 Å². The molecule has 5 nitrogen and oxygen atoms in total. The number of hydrogen-bond donors (Lipinski definition) is 2. The van der Waals surface area contributed by atoms with Crippen LogP contribution >= 0.6 is 0 Å². The molecule has 5 heteroatoms. The van der Waals surface area contributed by atoms with E-state index in [2.05, 4.69) is 5.32 Å². The van der Waals surface area contributed by atoms with Crippen molar-refractivity contribution in [2.75, 3.05) is 5.32 Å². The number of amides is 2. The van der Waals surface area contributed by atoms with E-state index < -0.39 is 12.0 Å². The molecule has 0 fully saturated rings. The minimum Gasteiger partial charge on any atom is -0.480 e. The third-order valence-corrected chi connectivity index (χ3v) is 2.87. The highest BCUT2D eigenvalue weighted by Gasteiger charge is 2.17. The minimum atomic E-state index is -0.759. The summed E-state index contributed by atoms with van der Waals surface area (Å²) in [5, 5.41) is 2.73. The second-order valence-corrected chi connectivity index (χ2v) is 4.48. The molecule has 2 amide bonds. The minimum absolute atomic E-state index is 0.247. The molecule has 0 aliphatic heterocycles. The van der Waals surface area contributed by atoms with E-state index in [1.54, 1.807) is 43.3 Å². The van der Waals surface area contributed by atoms with Gasteiger partial charge in [0.15, 0.2) is 6.10 Å². The first-order valence-corrected chi connectivity index (χ1v) is 6.49. The fourth-order valence-corrected chi connectivity index (χ4v) is 1.78. The van der Waals surface area contributed by atoms with E-state index in [4.69, 9.17) is 10.5 Å². The zero-order valence-electron chi connectivity index (χ0n) is 11.6. The summed E-state index contributed by atoms with van der Waals surface area (Å²) in [6, 6.07) is 15.6. The molecular formula is C16H16N2O3. The summed E-state index contributed by atoms with van der Waals surface area (Å²) >= 11 is 0. The molecule has 0 heterocycles. The van der Waals surface area contributed by atoms with E-state index >= 15 is 0 Å². The van der Waals surface area contributed by atoms with Gasteiger partial charge in [0.1, 0.15) is 5.75 Å². The first kappa shape index (κ1) is 14.6. The molecule has 108 valence electrons. The van der Waals surface area contributed by atoms with Crippen molar-refractivity contribution in [3.8, 4) is 5.75 Å². The van der Waals surface area contributed by atoms with Gasteiger partial charge in [-0.05, 0) is 31.2 Å². The summed E-state index contributed by atoms with van der Waals surface area (Å²) in [6.07, 6.45) is -0.759. The Kier molecular flexibility index (Phi) is 4.56. The first-order valence-electron chi connectivity index (χ1n) is 6.49. The van der Waals surface area contributed by atoms with E-state index in [0.717, 1.165) is 0 Å². The summed E-state index contributed by atoms with van der Waals surface area (Å²) in [7, 11) is 0. The number of para-hydroxylation sites is 2. The van der Waals surface area contributed by atoms with Gasteiger partial charge in [-0.1, -0.05) is 30.3 Å². The van der Waals surface area contributed by atoms with Crippen molar-refractivity contribution in [2.45, 2.75) is 13.0 Å². The number of ether oxygens (including phenoxy) is 1. The smallest absolute Gasteiger partial charge is 0.265 e. The molecule has 21 heavy (non-hydrogen) atoms. The van der Waals surface area contributed by atoms with Crippen LogP contribution in [0.1, 0.15) is 17.3 Å². The molecule has 0 saturated heterocycles. The van der Waals surface area contributed by atoms with Crippen molar-refractivity contribution < 1.29 is 14.3 Å². The van der Waals surface area contributed by atoms with E-state index in [1.807, 2.05) is 18.2 Å². The first-order chi connectivity index (χ1) is 10.1. The lowest BCUT2D eigenvalue weighted by Crippen LogP contribution is -2.30. The summed E-state index contributed by atoms with van der Waals surface area (Å²) in [4.78, 5) is 23.4. The normalized spacial score (nSPS) is 11.5. The van der Waals surface area contributed by atoms with Gasteiger partial charge in [0, 0.05) is 5.69 Å². The standard InChI is InChI=1S/C16H16N2O3/c1-11(16(20)18-12-7-3-2-4-8-12)21-14-10-6-5-9-13(14)15(17)19/h2-11H,1H3,(H2,17,19)(H,18,20)/t11-/m0/s1. The van der Waals surface area contributed by atoms with E-state index in [-0.39, 0.29) is 11.5 Å². The van der Waals surface area contributed by atoms with Crippen molar-refractivity contribution in [1.82, 2.24) is 0 Å². The Labute approximate surface area is 122 Å². The fourth-order valence-electron chi connectivity index (χ4n) is 1.78. The van der Waals surface area contributed by atoms with Gasteiger partial charge in [0.2, 0.25) is 0 Å². The molecule has 2 rings (SSSR count). The molecule has 0 radical (unpaired) electrons. The highest BCUT2D eigenvalue weighted by Crippen LogP contribution is 2.19. The highest BCUT2D eigenvalue weighted by atomic mass is 16.5. The number of rotatable bonds is 5. The highest BCUT2D eigenvalue weighted by molar-refractivity contribution is 5.96. The van der Waals surface area contributed by atoms with Crippen molar-refractivity contribution in [3.63, 3.8) is 0 Å². The Hall–Kier alpha value is -2.82. The number of carbonyl (C=O) groups excluding carboxylic acids is 2. The molecule has 0 aliphatic rings. The molecule has 0 bridgehead atoms. The predicted octanol–water partition coefficient (Wildman–Crippen LogP) is 2.19. The Bertz CT molecular complexity index is 641. The number of nitrogens with two attached hydrogens (primary N) is 1. The summed E-state index contributed by atoms with van der Waals surface area (Å²) in [5.41, 5.74) is 6.20. The van der Waals surface area contributed by atoms with Crippen LogP contribution in [0.15, 0.2) is 54.6 Å². The SMILES string of the molecule is C[C@H](Oc1ccccc1C(N)=O)C(=O)Nc1ccccc1. The Morgan fingerprint density at radius 2 is 1.67 bits per heavy atom. The maximum Gasteiger partial charge on any atom is 0.265 e. The van der Waals surface area contributed by atoms with Gasteiger partial charge in [-0.3, -0.25) is 9.59 Å². The van der Waals surface area contributed by atoms with Gasteiger partial charge < -0.3 is 15.8 Å². The summed E-state index contributed by atoms with van der Waals surface area (Å²) < 4.78 is 5.53. The third kappa shape index (κ3) is 3.82. The maximum atomic E-state index is 12.0. The van der Waals surface area contributed by atoms with Crippen molar-refractivity contribution in [1.29, 1.82) is 0 Å². The molecule has 2 aromatic carbocycles. The number of benzene rings is 2. The molecule has 0 aliphatic carbocycles. The van der Waals surface area contributed by atoms with Crippen molar-refractivity contribution >= 4 is 17.5 Å². The largest absolute Gasteiger partial charge is 0.480 e. The van der Waals surface area contributed by atoms with Crippen LogP contribution in [0, 0.1) is 0 Å². The molecule has 3 N–H and O–H groups in total. The quantitative estimate of drug-likeness (QED) is 0.883. The molecule has 0 spiro atoms. The van der Waals surface area contributed by atoms with E-state index in [0.29, 0.717) is 11.4 Å². The average Bonchev–Trinajstić information content (AvgIpc) is 2.48. The Morgan fingerprint density at radius 1 is 1.05 bits per heavy atom. The van der Waals surface area contributed by atoms with Gasteiger partial charge in [0.25, 0.3) is 11.8 Å². The van der Waals surface area contributed by atoms with Crippen LogP contribution in [-0.2, 0) is 4.79 Å². The van der Waals surface area contributed by atoms with E-state index in [9.17, 15) is 9.59 Å². The Morgan fingerprint density at radius 3 is 2.33 bits per heavy atom. The predicted molar refractivity (Wildman–Crippen MR) is 80.1 cm³/mol. The number of hydrogen-bond acceptors (Lipinski definition) is 3. The molecule has 0 saturated carbocycles. The molecule has 1 atom stereocenters. The maximum absolute atomic E-state index is 12.0. The summed E-state index contributed by atoms with van der Waals surface area (Å²) in [5.74, 6) is -0.609. The lowest BCUT2D eigenvalue weighted by Gasteiger charge is -2.16. The van der Waals surface area contributed by atoms with Crippen LogP contribution in [0.3, 0.4) is 0 Å². The summed E-state index contributed by atoms with van der Waals surface area (Å²) in [6.45, 7) is 1.61. The number of nitrogens with one attached hydrogen (secondary N) is 1. The second kappa shape index (κ2) is 6.56. The second-order valence-electron chi connectivity index (χ2n) is 4.48. The number of primary amides is 1. The van der Waals surface area contributed by atoms with Crippen molar-refractivity contribution in [2.24, 2.45) is 5.73 Å². The third-order valence-electron chi connectivity index (χ3n) is 2.87. The van der Waals surface area contributed by atoms with Gasteiger partial charge in [-0.25, -0.2) is 0 Å². The van der Waals surface area contributed by atoms with Crippen LogP contribution in [0.2, 0.25) is 0 Å². The lowest BCUT2D eigenvalue weighted by atomic mass is 10.2. The number of carbonyl (C=O) groups is 2. The monoisotopic (exact) mass is 284 g/mol. The topological polar surface area (TPSA) is 81.4 Å². The number of anilines is 1. The zero-order chi connectivity index (χ0) is 15.2. The molecule has 0 unspecified atom stereocenters. The molecule has 2 aromatic rings. The average molecular weight is 284 g/mol. The van der Waals surface area contributed by atoms with Gasteiger partial charge in [0.05, 0.1) is 5.56 Å². The van der Waals surface area contributed by atoms with Gasteiger partial charge in [-0.2, -0.15) is 0 Å². The van der Waals surface area contributed by atoms with Crippen LogP contribution < -0.4 is 15.8 Å². The van der Waals surface area contributed by atoms with Crippen molar-refractivity contribution in [3.05, 3.63) is 60.2 Å². The lowest BCUT2D eigenvalue weighted by molar-refractivity contribution is -0.122. The van der Waals surface area contributed by atoms with Crippen LogP contribution in [0.4, 0.5) is 5.69 Å². The van der Waals surface area contributed by atoms with Gasteiger partial charge in [-0.15, -0.1) is 0 Å².